The lowest BCUT2D eigenvalue weighted by Gasteiger charge is -2.18. The number of aromatic nitrogens is 2. The highest BCUT2D eigenvalue weighted by Gasteiger charge is 2.38. The molecule has 0 saturated carbocycles. The molecule has 2 amide bonds. The first-order chi connectivity index (χ1) is 18.2. The van der Waals surface area contributed by atoms with Crippen LogP contribution in [0.5, 0.6) is 0 Å². The number of aliphatic carboxylic acids is 2. The van der Waals surface area contributed by atoms with Crippen LogP contribution in [0.2, 0.25) is 0 Å². The van der Waals surface area contributed by atoms with Crippen LogP contribution in [-0.4, -0.2) is 68.1 Å². The van der Waals surface area contributed by atoms with Crippen molar-refractivity contribution < 1.29 is 47.5 Å². The van der Waals surface area contributed by atoms with E-state index in [1.165, 1.54) is 18.2 Å². The first kappa shape index (κ1) is 32.2. The number of nitro groups is 1. The van der Waals surface area contributed by atoms with Gasteiger partial charge in [0.2, 0.25) is 17.8 Å². The van der Waals surface area contributed by atoms with Gasteiger partial charge in [-0.2, -0.15) is 13.2 Å². The molecule has 1 unspecified atom stereocenters. The summed E-state index contributed by atoms with van der Waals surface area (Å²) in [7, 11) is 0. The summed E-state index contributed by atoms with van der Waals surface area (Å²) in [5.41, 5.74) is 0.535. The molecule has 17 heteroatoms. The molecule has 1 aromatic heterocycles. The fraction of sp³-hybridized carbons (Fsp3) is 0.364. The van der Waals surface area contributed by atoms with Crippen LogP contribution in [0, 0.1) is 17.0 Å². The number of halogens is 3. The summed E-state index contributed by atoms with van der Waals surface area (Å²) in [6, 6.07) is 4.96. The van der Waals surface area contributed by atoms with Crippen molar-refractivity contribution in [2.24, 2.45) is 0 Å². The number of hydrogen-bond acceptors (Lipinski definition) is 9. The molecule has 0 bridgehead atoms. The van der Waals surface area contributed by atoms with Crippen molar-refractivity contribution in [3.63, 3.8) is 0 Å². The monoisotopic (exact) mass is 558 g/mol. The van der Waals surface area contributed by atoms with Crippen LogP contribution in [0.25, 0.3) is 0 Å². The highest BCUT2D eigenvalue weighted by atomic mass is 19.4. The summed E-state index contributed by atoms with van der Waals surface area (Å²) in [5, 5.41) is 35.3. The molecule has 0 aliphatic heterocycles. The first-order valence-corrected chi connectivity index (χ1v) is 11.0. The lowest BCUT2D eigenvalue weighted by molar-refractivity contribution is -0.385. The fourth-order valence-electron chi connectivity index (χ4n) is 2.82. The van der Waals surface area contributed by atoms with E-state index in [2.05, 4.69) is 25.9 Å². The summed E-state index contributed by atoms with van der Waals surface area (Å²) < 4.78 is 31.7. The van der Waals surface area contributed by atoms with Crippen LogP contribution in [0.15, 0.2) is 36.7 Å². The Morgan fingerprint density at radius 2 is 1.72 bits per heavy atom. The molecule has 0 fully saturated rings. The van der Waals surface area contributed by atoms with Crippen LogP contribution < -0.4 is 16.0 Å². The number of carboxylic acids is 2. The second kappa shape index (κ2) is 15.4. The first-order valence-electron chi connectivity index (χ1n) is 11.0. The molecule has 0 aliphatic rings. The van der Waals surface area contributed by atoms with Crippen LogP contribution in [0.4, 0.5) is 24.8 Å². The number of amides is 2. The molecule has 0 aliphatic carbocycles. The van der Waals surface area contributed by atoms with Gasteiger partial charge in [-0.15, -0.1) is 0 Å². The third-order valence-electron chi connectivity index (χ3n) is 4.66. The van der Waals surface area contributed by atoms with Gasteiger partial charge in [0.25, 0.3) is 5.69 Å². The maximum absolute atomic E-state index is 12.2. The zero-order valence-electron chi connectivity index (χ0n) is 20.4. The van der Waals surface area contributed by atoms with Gasteiger partial charge in [-0.25, -0.2) is 14.8 Å². The van der Waals surface area contributed by atoms with E-state index >= 15 is 0 Å². The Bertz CT molecular complexity index is 1160. The molecule has 1 atom stereocenters. The van der Waals surface area contributed by atoms with Gasteiger partial charge in [0, 0.05) is 37.0 Å². The average molecular weight is 558 g/mol. The fourth-order valence-corrected chi connectivity index (χ4v) is 2.82. The SMILES string of the molecule is Cc1ccc(C(CC(=O)O)NC(=O)CNC(=O)CCCNc2ncccn2)cc1[N+](=O)[O-].O=C(O)C(F)(F)F. The predicted octanol–water partition coefficient (Wildman–Crippen LogP) is 1.97. The summed E-state index contributed by atoms with van der Waals surface area (Å²) in [5.74, 6) is -4.45. The molecule has 2 aromatic rings. The average Bonchev–Trinajstić information content (AvgIpc) is 2.85. The number of aryl methyl sites for hydroxylation is 1. The summed E-state index contributed by atoms with van der Waals surface area (Å²) in [4.78, 5) is 62.8. The Balaban J connectivity index is 0.000000956. The maximum atomic E-state index is 12.2. The standard InChI is InChI=1S/C20H24N6O6.C2HF3O2/c1-13-5-6-14(10-16(13)26(31)32)15(11-19(29)30)25-18(28)12-24-17(27)4-2-7-21-20-22-8-3-9-23-20;3-2(4,5)1(6)7/h3,5-6,8-10,15H,2,4,7,11-12H2,1H3,(H,24,27)(H,25,28)(H,29,30)(H,21,22,23);(H,6,7). The molecule has 14 nitrogen and oxygen atoms in total. The second-order valence-electron chi connectivity index (χ2n) is 7.70. The van der Waals surface area contributed by atoms with Crippen molar-refractivity contribution in [2.45, 2.75) is 38.4 Å². The zero-order valence-corrected chi connectivity index (χ0v) is 20.4. The van der Waals surface area contributed by atoms with E-state index < -0.39 is 41.4 Å². The predicted molar refractivity (Wildman–Crippen MR) is 127 cm³/mol. The number of benzene rings is 1. The van der Waals surface area contributed by atoms with Gasteiger partial charge in [-0.3, -0.25) is 24.5 Å². The number of carbonyl (C=O) groups excluding carboxylic acids is 2. The summed E-state index contributed by atoms with van der Waals surface area (Å²) in [6.45, 7) is 1.68. The van der Waals surface area contributed by atoms with E-state index in [9.17, 15) is 37.7 Å². The largest absolute Gasteiger partial charge is 0.490 e. The number of rotatable bonds is 12. The number of carboxylic acid groups (broad SMARTS) is 2. The van der Waals surface area contributed by atoms with E-state index in [0.29, 0.717) is 30.0 Å². The quantitative estimate of drug-likeness (QED) is 0.144. The lowest BCUT2D eigenvalue weighted by atomic mass is 10.0. The molecular formula is C22H25F3N6O8. The van der Waals surface area contributed by atoms with Crippen molar-refractivity contribution in [2.75, 3.05) is 18.4 Å². The Kier molecular flexibility index (Phi) is 12.7. The third-order valence-corrected chi connectivity index (χ3v) is 4.66. The Labute approximate surface area is 218 Å². The van der Waals surface area contributed by atoms with Crippen LogP contribution in [0.1, 0.15) is 36.4 Å². The lowest BCUT2D eigenvalue weighted by Crippen LogP contribution is -2.39. The minimum Gasteiger partial charge on any atom is -0.481 e. The highest BCUT2D eigenvalue weighted by Crippen LogP contribution is 2.25. The molecule has 5 N–H and O–H groups in total. The highest BCUT2D eigenvalue weighted by molar-refractivity contribution is 5.85. The van der Waals surface area contributed by atoms with Gasteiger partial charge in [0.15, 0.2) is 0 Å². The summed E-state index contributed by atoms with van der Waals surface area (Å²) >= 11 is 0. The molecule has 39 heavy (non-hydrogen) atoms. The number of nitrogens with one attached hydrogen (secondary N) is 3. The molecule has 212 valence electrons. The van der Waals surface area contributed by atoms with Crippen molar-refractivity contribution >= 4 is 35.4 Å². The van der Waals surface area contributed by atoms with Gasteiger partial charge < -0.3 is 26.2 Å². The molecule has 0 saturated heterocycles. The number of nitrogens with zero attached hydrogens (tertiary/aromatic N) is 3. The van der Waals surface area contributed by atoms with Crippen molar-refractivity contribution in [3.8, 4) is 0 Å². The number of carbonyl (C=O) groups is 4. The number of nitro benzene ring substituents is 1. The molecule has 1 heterocycles. The smallest absolute Gasteiger partial charge is 0.481 e. The molecular weight excluding hydrogens is 533 g/mol. The molecule has 0 radical (unpaired) electrons. The van der Waals surface area contributed by atoms with Gasteiger partial charge in [-0.1, -0.05) is 12.1 Å². The normalized spacial score (nSPS) is 11.3. The number of hydrogen-bond donors (Lipinski definition) is 5. The third kappa shape index (κ3) is 12.8. The van der Waals surface area contributed by atoms with Gasteiger partial charge in [-0.05, 0) is 25.0 Å². The van der Waals surface area contributed by atoms with Crippen LogP contribution in [-0.2, 0) is 19.2 Å². The number of anilines is 1. The van der Waals surface area contributed by atoms with Crippen molar-refractivity contribution in [1.29, 1.82) is 0 Å². The summed E-state index contributed by atoms with van der Waals surface area (Å²) in [6.07, 6.45) is -1.72. The molecule has 0 spiro atoms. The maximum Gasteiger partial charge on any atom is 0.490 e. The van der Waals surface area contributed by atoms with E-state index in [1.807, 2.05) is 0 Å². The Morgan fingerprint density at radius 3 is 2.26 bits per heavy atom. The minimum absolute atomic E-state index is 0.163. The second-order valence-corrected chi connectivity index (χ2v) is 7.70. The van der Waals surface area contributed by atoms with Crippen LogP contribution >= 0.6 is 0 Å². The van der Waals surface area contributed by atoms with E-state index in [-0.39, 0.29) is 24.6 Å². The minimum atomic E-state index is -5.08. The zero-order chi connectivity index (χ0) is 29.6. The molecule has 2 rings (SSSR count). The Hall–Kier alpha value is -4.83. The van der Waals surface area contributed by atoms with E-state index in [4.69, 9.17) is 15.0 Å². The van der Waals surface area contributed by atoms with Gasteiger partial charge in [0.05, 0.1) is 23.9 Å². The van der Waals surface area contributed by atoms with Gasteiger partial charge in [0.1, 0.15) is 0 Å². The van der Waals surface area contributed by atoms with E-state index in [1.54, 1.807) is 25.4 Å². The topological polar surface area (TPSA) is 214 Å². The molecule has 1 aromatic carbocycles. The van der Waals surface area contributed by atoms with Crippen molar-refractivity contribution in [1.82, 2.24) is 20.6 Å². The number of alkyl halides is 3. The van der Waals surface area contributed by atoms with Gasteiger partial charge >= 0.3 is 18.1 Å². The van der Waals surface area contributed by atoms with E-state index in [0.717, 1.165) is 0 Å². The van der Waals surface area contributed by atoms with Crippen LogP contribution in [0.3, 0.4) is 0 Å². The van der Waals surface area contributed by atoms with Crippen molar-refractivity contribution in [3.05, 3.63) is 57.9 Å². The Morgan fingerprint density at radius 1 is 1.10 bits per heavy atom.